The van der Waals surface area contributed by atoms with E-state index < -0.39 is 10.0 Å². The molecule has 0 amide bonds. The highest BCUT2D eigenvalue weighted by Gasteiger charge is 2.19. The number of rotatable bonds is 9. The summed E-state index contributed by atoms with van der Waals surface area (Å²) in [6, 6.07) is 3.53. The maximum Gasteiger partial charge on any atom is 0.242 e. The van der Waals surface area contributed by atoms with Crippen molar-refractivity contribution in [1.82, 2.24) is 25.2 Å². The van der Waals surface area contributed by atoms with E-state index in [0.29, 0.717) is 12.6 Å². The lowest BCUT2D eigenvalue weighted by molar-refractivity contribution is 0.206. The SMILES string of the molecule is CCCN1CCC(NC(=NCCNS(=O)(=O)c2cccnc2)NCC)CC1.I. The number of hydrogen-bond acceptors (Lipinski definition) is 5. The Morgan fingerprint density at radius 2 is 2.07 bits per heavy atom. The normalized spacial score (nSPS) is 16.4. The number of aromatic nitrogens is 1. The first-order valence-corrected chi connectivity index (χ1v) is 11.2. The van der Waals surface area contributed by atoms with Crippen molar-refractivity contribution in [2.24, 2.45) is 4.99 Å². The second-order valence-corrected chi connectivity index (χ2v) is 8.37. The van der Waals surface area contributed by atoms with Gasteiger partial charge in [-0.2, -0.15) is 0 Å². The number of guanidine groups is 1. The van der Waals surface area contributed by atoms with E-state index in [-0.39, 0.29) is 35.4 Å². The molecular formula is C18H33IN6O2S. The van der Waals surface area contributed by atoms with E-state index in [4.69, 9.17) is 0 Å². The highest BCUT2D eigenvalue weighted by Crippen LogP contribution is 2.10. The lowest BCUT2D eigenvalue weighted by Crippen LogP contribution is -2.49. The Hall–Kier alpha value is -0.980. The molecule has 1 saturated heterocycles. The van der Waals surface area contributed by atoms with Gasteiger partial charge in [-0.25, -0.2) is 13.1 Å². The van der Waals surface area contributed by atoms with Gasteiger partial charge in [0.1, 0.15) is 4.90 Å². The van der Waals surface area contributed by atoms with Crippen molar-refractivity contribution >= 4 is 40.0 Å². The lowest BCUT2D eigenvalue weighted by atomic mass is 10.1. The molecule has 3 N–H and O–H groups in total. The van der Waals surface area contributed by atoms with Crippen LogP contribution < -0.4 is 15.4 Å². The predicted octanol–water partition coefficient (Wildman–Crippen LogP) is 1.41. The van der Waals surface area contributed by atoms with E-state index in [1.165, 1.54) is 18.7 Å². The second kappa shape index (κ2) is 13.3. The van der Waals surface area contributed by atoms with Gasteiger partial charge < -0.3 is 15.5 Å². The Balaban J connectivity index is 0.00000392. The van der Waals surface area contributed by atoms with Gasteiger partial charge in [0.2, 0.25) is 10.0 Å². The van der Waals surface area contributed by atoms with Crippen LogP contribution in [0.1, 0.15) is 33.1 Å². The predicted molar refractivity (Wildman–Crippen MR) is 124 cm³/mol. The van der Waals surface area contributed by atoms with Crippen molar-refractivity contribution in [3.05, 3.63) is 24.5 Å². The highest BCUT2D eigenvalue weighted by atomic mass is 127. The van der Waals surface area contributed by atoms with Crippen LogP contribution in [0.4, 0.5) is 0 Å². The number of likely N-dealkylation sites (tertiary alicyclic amines) is 1. The first-order valence-electron chi connectivity index (χ1n) is 9.72. The largest absolute Gasteiger partial charge is 0.357 e. The minimum atomic E-state index is -3.54. The maximum atomic E-state index is 12.2. The highest BCUT2D eigenvalue weighted by molar-refractivity contribution is 14.0. The monoisotopic (exact) mass is 524 g/mol. The van der Waals surface area contributed by atoms with Crippen LogP contribution in [0, 0.1) is 0 Å². The second-order valence-electron chi connectivity index (χ2n) is 6.61. The van der Waals surface area contributed by atoms with Crippen molar-refractivity contribution in [2.45, 2.75) is 44.0 Å². The summed E-state index contributed by atoms with van der Waals surface area (Å²) in [5.74, 6) is 0.743. The fourth-order valence-corrected chi connectivity index (χ4v) is 4.05. The molecule has 0 radical (unpaired) electrons. The van der Waals surface area contributed by atoms with Crippen LogP contribution >= 0.6 is 24.0 Å². The quantitative estimate of drug-likeness (QED) is 0.196. The van der Waals surface area contributed by atoms with E-state index in [9.17, 15) is 8.42 Å². The smallest absolute Gasteiger partial charge is 0.242 e. The standard InChI is InChI=1S/C18H32N6O2S.HI/c1-3-12-24-13-7-16(8-14-24)23-18(20-4-2)21-10-11-22-27(25,26)17-6-5-9-19-15-17;/h5-6,9,15-16,22H,3-4,7-8,10-14H2,1-2H3,(H2,20,21,23);1H. The third-order valence-corrected chi connectivity index (χ3v) is 5.88. The Labute approximate surface area is 186 Å². The van der Waals surface area contributed by atoms with Crippen LogP contribution in [0.5, 0.6) is 0 Å². The molecule has 1 aliphatic rings. The summed E-state index contributed by atoms with van der Waals surface area (Å²) in [6.45, 7) is 8.98. The molecule has 1 fully saturated rings. The van der Waals surface area contributed by atoms with Gasteiger partial charge in [-0.3, -0.25) is 9.98 Å². The minimum Gasteiger partial charge on any atom is -0.357 e. The number of nitrogens with zero attached hydrogens (tertiary/aromatic N) is 3. The van der Waals surface area contributed by atoms with Gasteiger partial charge in [-0.05, 0) is 44.9 Å². The number of pyridine rings is 1. The zero-order valence-corrected chi connectivity index (χ0v) is 19.9. The van der Waals surface area contributed by atoms with E-state index in [1.54, 1.807) is 12.3 Å². The molecule has 2 heterocycles. The lowest BCUT2D eigenvalue weighted by Gasteiger charge is -2.32. The van der Waals surface area contributed by atoms with Gasteiger partial charge in [0.25, 0.3) is 0 Å². The molecule has 0 unspecified atom stereocenters. The Morgan fingerprint density at radius 3 is 2.68 bits per heavy atom. The van der Waals surface area contributed by atoms with Crippen molar-refractivity contribution < 1.29 is 8.42 Å². The van der Waals surface area contributed by atoms with E-state index in [2.05, 4.69) is 37.2 Å². The van der Waals surface area contributed by atoms with Crippen molar-refractivity contribution in [3.63, 3.8) is 0 Å². The van der Waals surface area contributed by atoms with E-state index in [1.807, 2.05) is 6.92 Å². The molecule has 28 heavy (non-hydrogen) atoms. The molecule has 0 bridgehead atoms. The molecule has 0 aromatic carbocycles. The summed E-state index contributed by atoms with van der Waals surface area (Å²) in [5.41, 5.74) is 0. The average molecular weight is 524 g/mol. The zero-order chi connectivity index (χ0) is 19.5. The Bertz CT molecular complexity index is 679. The minimum absolute atomic E-state index is 0. The maximum absolute atomic E-state index is 12.2. The van der Waals surface area contributed by atoms with Gasteiger partial charge >= 0.3 is 0 Å². The Morgan fingerprint density at radius 1 is 1.32 bits per heavy atom. The number of nitrogens with one attached hydrogen (secondary N) is 3. The molecular weight excluding hydrogens is 491 g/mol. The topological polar surface area (TPSA) is 98.7 Å². The summed E-state index contributed by atoms with van der Waals surface area (Å²) in [6.07, 6.45) is 6.26. The summed E-state index contributed by atoms with van der Waals surface area (Å²) in [7, 11) is -3.54. The number of piperidine rings is 1. The van der Waals surface area contributed by atoms with Crippen molar-refractivity contribution in [3.8, 4) is 0 Å². The van der Waals surface area contributed by atoms with E-state index >= 15 is 0 Å². The third kappa shape index (κ3) is 8.58. The number of sulfonamides is 1. The van der Waals surface area contributed by atoms with Crippen LogP contribution in [0.25, 0.3) is 0 Å². The number of halogens is 1. The first-order chi connectivity index (χ1) is 13.0. The number of aliphatic imine (C=N–C) groups is 1. The Kier molecular flexibility index (Phi) is 11.9. The van der Waals surface area contributed by atoms with Gasteiger partial charge in [-0.15, -0.1) is 24.0 Å². The average Bonchev–Trinajstić information content (AvgIpc) is 2.68. The molecule has 10 heteroatoms. The fourth-order valence-electron chi connectivity index (χ4n) is 3.07. The van der Waals surface area contributed by atoms with Crippen molar-refractivity contribution in [2.75, 3.05) is 39.3 Å². The van der Waals surface area contributed by atoms with Crippen LogP contribution in [-0.2, 0) is 10.0 Å². The zero-order valence-electron chi connectivity index (χ0n) is 16.7. The molecule has 160 valence electrons. The molecule has 1 aromatic heterocycles. The van der Waals surface area contributed by atoms with Gasteiger partial charge in [-0.1, -0.05) is 6.92 Å². The van der Waals surface area contributed by atoms with Crippen LogP contribution in [0.3, 0.4) is 0 Å². The molecule has 0 spiro atoms. The van der Waals surface area contributed by atoms with Crippen molar-refractivity contribution in [1.29, 1.82) is 0 Å². The van der Waals surface area contributed by atoms with Gasteiger partial charge in [0.15, 0.2) is 5.96 Å². The fraction of sp³-hybridized carbons (Fsp3) is 0.667. The molecule has 0 atom stereocenters. The van der Waals surface area contributed by atoms with Gasteiger partial charge in [0, 0.05) is 44.6 Å². The third-order valence-electron chi connectivity index (χ3n) is 4.43. The number of hydrogen-bond donors (Lipinski definition) is 3. The molecule has 2 rings (SSSR count). The summed E-state index contributed by atoms with van der Waals surface area (Å²) in [4.78, 5) is 11.0. The van der Waals surface area contributed by atoms with Crippen LogP contribution in [0.15, 0.2) is 34.4 Å². The summed E-state index contributed by atoms with van der Waals surface area (Å²) in [5, 5.41) is 6.71. The molecule has 8 nitrogen and oxygen atoms in total. The molecule has 0 saturated carbocycles. The first kappa shape index (κ1) is 25.1. The van der Waals surface area contributed by atoms with Crippen LogP contribution in [0.2, 0.25) is 0 Å². The van der Waals surface area contributed by atoms with E-state index in [0.717, 1.165) is 45.0 Å². The van der Waals surface area contributed by atoms with Crippen LogP contribution in [-0.4, -0.2) is 69.6 Å². The molecule has 1 aliphatic heterocycles. The molecule has 0 aliphatic carbocycles. The summed E-state index contributed by atoms with van der Waals surface area (Å²) < 4.78 is 26.9. The summed E-state index contributed by atoms with van der Waals surface area (Å²) >= 11 is 0. The molecule has 1 aromatic rings. The van der Waals surface area contributed by atoms with Gasteiger partial charge in [0.05, 0.1) is 6.54 Å².